The van der Waals surface area contributed by atoms with Gasteiger partial charge in [-0.2, -0.15) is 0 Å². The van der Waals surface area contributed by atoms with E-state index in [0.29, 0.717) is 5.69 Å². The van der Waals surface area contributed by atoms with Gasteiger partial charge < -0.3 is 20.0 Å². The Kier molecular flexibility index (Phi) is 6.53. The van der Waals surface area contributed by atoms with Gasteiger partial charge in [0.15, 0.2) is 18.0 Å². The van der Waals surface area contributed by atoms with E-state index in [4.69, 9.17) is 0 Å². The number of carbonyl (C=O) groups is 3. The molecule has 2 aromatic rings. The average Bonchev–Trinajstić information content (AvgIpc) is 3.11. The van der Waals surface area contributed by atoms with Crippen molar-refractivity contribution in [3.05, 3.63) is 36.4 Å². The third-order valence-electron chi connectivity index (χ3n) is 6.93. The molecule has 0 bridgehead atoms. The van der Waals surface area contributed by atoms with Gasteiger partial charge in [-0.1, -0.05) is 25.0 Å². The molecular formula is C25H30N8O3. The SMILES string of the molecule is CN1C(=O)C2C(N=CN2CC(=O)Nc2cccc(-c3ccc(N4CCCCCC4)nn3)c2)N(C)C1=O. The number of aromatic nitrogens is 2. The van der Waals surface area contributed by atoms with Crippen LogP contribution >= 0.6 is 0 Å². The molecule has 188 valence electrons. The smallest absolute Gasteiger partial charge is 0.328 e. The van der Waals surface area contributed by atoms with Crippen LogP contribution < -0.4 is 10.2 Å². The Hall–Kier alpha value is -4.02. The number of nitrogens with zero attached hydrogens (tertiary/aromatic N) is 7. The molecule has 4 amide bonds. The molecule has 5 rings (SSSR count). The molecule has 1 aromatic heterocycles. The summed E-state index contributed by atoms with van der Waals surface area (Å²) in [4.78, 5) is 48.2. The number of carbonyl (C=O) groups excluding carboxylic acids is 3. The molecule has 36 heavy (non-hydrogen) atoms. The molecule has 2 atom stereocenters. The zero-order chi connectivity index (χ0) is 25.2. The fourth-order valence-corrected chi connectivity index (χ4v) is 4.91. The number of aliphatic imine (C=N–C) groups is 1. The second-order valence-electron chi connectivity index (χ2n) is 9.39. The van der Waals surface area contributed by atoms with Gasteiger partial charge in [0.1, 0.15) is 0 Å². The number of hydrogen-bond acceptors (Lipinski definition) is 8. The molecule has 3 aliphatic heterocycles. The first kappa shape index (κ1) is 23.7. The molecule has 3 aliphatic rings. The summed E-state index contributed by atoms with van der Waals surface area (Å²) < 4.78 is 0. The summed E-state index contributed by atoms with van der Waals surface area (Å²) in [5.74, 6) is 0.223. The first-order valence-corrected chi connectivity index (χ1v) is 12.2. The van der Waals surface area contributed by atoms with E-state index in [9.17, 15) is 14.4 Å². The third kappa shape index (κ3) is 4.60. The number of anilines is 2. The highest BCUT2D eigenvalue weighted by Gasteiger charge is 2.48. The van der Waals surface area contributed by atoms with E-state index in [1.165, 1.54) is 44.0 Å². The maximum atomic E-state index is 12.8. The fraction of sp³-hybridized carbons (Fsp3) is 0.440. The number of rotatable bonds is 5. The van der Waals surface area contributed by atoms with Crippen LogP contribution in [0.2, 0.25) is 0 Å². The standard InChI is InChI=1S/C25H30N8O3/c1-30-23-22(24(35)31(2)25(30)36)33(16-26-23)15-21(34)27-18-9-7-8-17(14-18)19-10-11-20(29-28-19)32-12-5-3-4-6-13-32/h7-11,14,16,22-23H,3-6,12-13,15H2,1-2H3,(H,27,34). The maximum absolute atomic E-state index is 12.8. The number of nitrogens with one attached hydrogen (secondary N) is 1. The Balaban J connectivity index is 1.23. The second-order valence-corrected chi connectivity index (χ2v) is 9.39. The molecule has 11 heteroatoms. The minimum atomic E-state index is -0.715. The van der Waals surface area contributed by atoms with Crippen molar-refractivity contribution >= 4 is 35.7 Å². The van der Waals surface area contributed by atoms with E-state index in [1.807, 2.05) is 30.3 Å². The van der Waals surface area contributed by atoms with Crippen molar-refractivity contribution in [3.8, 4) is 11.3 Å². The molecule has 11 nitrogen and oxygen atoms in total. The molecule has 2 saturated heterocycles. The van der Waals surface area contributed by atoms with Gasteiger partial charge in [0.2, 0.25) is 5.91 Å². The maximum Gasteiger partial charge on any atom is 0.328 e. The van der Waals surface area contributed by atoms with Crippen molar-refractivity contribution in [1.29, 1.82) is 0 Å². The zero-order valence-electron chi connectivity index (χ0n) is 20.5. The number of imide groups is 1. The van der Waals surface area contributed by atoms with Crippen molar-refractivity contribution in [2.45, 2.75) is 37.9 Å². The Bertz CT molecular complexity index is 1180. The molecule has 2 fully saturated rings. The number of likely N-dealkylation sites (N-methyl/N-ethyl adjacent to an activating group) is 2. The van der Waals surface area contributed by atoms with E-state index in [2.05, 4.69) is 25.4 Å². The molecule has 4 heterocycles. The van der Waals surface area contributed by atoms with Crippen LogP contribution in [0.15, 0.2) is 41.4 Å². The highest BCUT2D eigenvalue weighted by atomic mass is 16.2. The summed E-state index contributed by atoms with van der Waals surface area (Å²) in [5, 5.41) is 11.8. The summed E-state index contributed by atoms with van der Waals surface area (Å²) >= 11 is 0. The summed E-state index contributed by atoms with van der Waals surface area (Å²) in [6.45, 7) is 1.95. The lowest BCUT2D eigenvalue weighted by Crippen LogP contribution is -2.64. The van der Waals surface area contributed by atoms with E-state index >= 15 is 0 Å². The van der Waals surface area contributed by atoms with Gasteiger partial charge in [-0.15, -0.1) is 10.2 Å². The lowest BCUT2D eigenvalue weighted by molar-refractivity contribution is -0.136. The van der Waals surface area contributed by atoms with Gasteiger partial charge in [0.25, 0.3) is 5.91 Å². The van der Waals surface area contributed by atoms with Crippen LogP contribution in [0.3, 0.4) is 0 Å². The molecule has 1 N–H and O–H groups in total. The van der Waals surface area contributed by atoms with E-state index in [-0.39, 0.29) is 18.4 Å². The van der Waals surface area contributed by atoms with Gasteiger partial charge in [0.05, 0.1) is 18.6 Å². The summed E-state index contributed by atoms with van der Waals surface area (Å²) in [5.41, 5.74) is 2.18. The van der Waals surface area contributed by atoms with Gasteiger partial charge in [0, 0.05) is 38.4 Å². The topological polar surface area (TPSA) is 114 Å². The van der Waals surface area contributed by atoms with Gasteiger partial charge in [-0.05, 0) is 37.1 Å². The monoisotopic (exact) mass is 490 g/mol. The van der Waals surface area contributed by atoms with Gasteiger partial charge in [-0.3, -0.25) is 14.5 Å². The fourth-order valence-electron chi connectivity index (χ4n) is 4.91. The molecule has 1 aromatic carbocycles. The van der Waals surface area contributed by atoms with Crippen LogP contribution in [-0.2, 0) is 9.59 Å². The predicted molar refractivity (Wildman–Crippen MR) is 135 cm³/mol. The highest BCUT2D eigenvalue weighted by molar-refractivity contribution is 6.03. The van der Waals surface area contributed by atoms with E-state index in [0.717, 1.165) is 35.1 Å². The summed E-state index contributed by atoms with van der Waals surface area (Å²) in [6, 6.07) is 10.2. The molecule has 0 spiro atoms. The third-order valence-corrected chi connectivity index (χ3v) is 6.93. The van der Waals surface area contributed by atoms with Crippen molar-refractivity contribution < 1.29 is 14.4 Å². The van der Waals surface area contributed by atoms with Crippen LogP contribution in [0.4, 0.5) is 16.3 Å². The van der Waals surface area contributed by atoms with Crippen molar-refractivity contribution in [3.63, 3.8) is 0 Å². The largest absolute Gasteiger partial charge is 0.355 e. The number of amides is 4. The Labute approximate surface area is 209 Å². The Morgan fingerprint density at radius 1 is 1.03 bits per heavy atom. The van der Waals surface area contributed by atoms with E-state index < -0.39 is 18.2 Å². The number of hydrogen-bond donors (Lipinski definition) is 1. The zero-order valence-corrected chi connectivity index (χ0v) is 20.5. The minimum absolute atomic E-state index is 0.0686. The Morgan fingerprint density at radius 2 is 1.81 bits per heavy atom. The van der Waals surface area contributed by atoms with Crippen LogP contribution in [0.25, 0.3) is 11.3 Å². The molecular weight excluding hydrogens is 460 g/mol. The van der Waals surface area contributed by atoms with Crippen molar-refractivity contribution in [2.75, 3.05) is 43.9 Å². The minimum Gasteiger partial charge on any atom is -0.355 e. The highest BCUT2D eigenvalue weighted by Crippen LogP contribution is 2.25. The summed E-state index contributed by atoms with van der Waals surface area (Å²) in [7, 11) is 3.03. The lowest BCUT2D eigenvalue weighted by Gasteiger charge is -2.39. The first-order valence-electron chi connectivity index (χ1n) is 12.2. The first-order chi connectivity index (χ1) is 17.4. The Morgan fingerprint density at radius 3 is 2.53 bits per heavy atom. The summed E-state index contributed by atoms with van der Waals surface area (Å²) in [6.07, 6.45) is 5.71. The van der Waals surface area contributed by atoms with Crippen molar-refractivity contribution in [2.24, 2.45) is 4.99 Å². The molecule has 0 aliphatic carbocycles. The molecule has 0 radical (unpaired) electrons. The normalized spacial score (nSPS) is 22.1. The average molecular weight is 491 g/mol. The molecule has 2 unspecified atom stereocenters. The van der Waals surface area contributed by atoms with E-state index in [1.54, 1.807) is 18.0 Å². The van der Waals surface area contributed by atoms with Crippen molar-refractivity contribution in [1.82, 2.24) is 24.9 Å². The quantitative estimate of drug-likeness (QED) is 0.682. The van der Waals surface area contributed by atoms with Crippen LogP contribution in [-0.4, -0.2) is 95.0 Å². The van der Waals surface area contributed by atoms with Crippen LogP contribution in [0.5, 0.6) is 0 Å². The predicted octanol–water partition coefficient (Wildman–Crippen LogP) is 2.02. The second kappa shape index (κ2) is 9.92. The number of urea groups is 1. The van der Waals surface area contributed by atoms with Gasteiger partial charge in [-0.25, -0.2) is 9.79 Å². The lowest BCUT2D eigenvalue weighted by atomic mass is 10.1. The van der Waals surface area contributed by atoms with Gasteiger partial charge >= 0.3 is 6.03 Å². The van der Waals surface area contributed by atoms with Crippen LogP contribution in [0, 0.1) is 0 Å². The van der Waals surface area contributed by atoms with Crippen LogP contribution in [0.1, 0.15) is 25.7 Å². The number of benzene rings is 1. The molecule has 0 saturated carbocycles. The number of fused-ring (bicyclic) bond motifs is 1.